The topological polar surface area (TPSA) is 40.5 Å². The molecule has 2 unspecified atom stereocenters. The zero-order valence-electron chi connectivity index (χ0n) is 7.64. The van der Waals surface area contributed by atoms with Crippen molar-refractivity contribution in [1.82, 2.24) is 0 Å². The van der Waals surface area contributed by atoms with E-state index in [1.54, 1.807) is 12.1 Å². The Morgan fingerprint density at radius 1 is 1.23 bits per heavy atom. The van der Waals surface area contributed by atoms with Gasteiger partial charge >= 0.3 is 0 Å². The third-order valence-corrected chi connectivity index (χ3v) is 1.98. The van der Waals surface area contributed by atoms with Crippen LogP contribution in [0, 0.1) is 6.92 Å². The lowest BCUT2D eigenvalue weighted by Gasteiger charge is -2.14. The minimum Gasteiger partial charge on any atom is -0.386 e. The van der Waals surface area contributed by atoms with E-state index in [0.717, 1.165) is 5.56 Å². The number of rotatable bonds is 3. The van der Waals surface area contributed by atoms with Crippen molar-refractivity contribution in [3.8, 4) is 0 Å². The van der Waals surface area contributed by atoms with Crippen molar-refractivity contribution >= 4 is 0 Å². The molecule has 2 heteroatoms. The fourth-order valence-electron chi connectivity index (χ4n) is 1.09. The third-order valence-electron chi connectivity index (χ3n) is 1.98. The van der Waals surface area contributed by atoms with E-state index in [2.05, 4.69) is 6.58 Å². The predicted octanol–water partition coefficient (Wildman–Crippen LogP) is 1.58. The van der Waals surface area contributed by atoms with Crippen LogP contribution in [0.4, 0.5) is 0 Å². The monoisotopic (exact) mass is 178 g/mol. The number of hydrogen-bond donors (Lipinski definition) is 2. The molecule has 13 heavy (non-hydrogen) atoms. The summed E-state index contributed by atoms with van der Waals surface area (Å²) >= 11 is 0. The number of benzene rings is 1. The number of hydrogen-bond acceptors (Lipinski definition) is 2. The summed E-state index contributed by atoms with van der Waals surface area (Å²) in [7, 11) is 0. The van der Waals surface area contributed by atoms with E-state index in [1.165, 1.54) is 6.08 Å². The van der Waals surface area contributed by atoms with Gasteiger partial charge in [0.25, 0.3) is 0 Å². The summed E-state index contributed by atoms with van der Waals surface area (Å²) in [5.74, 6) is 0. The molecule has 0 radical (unpaired) electrons. The molecule has 0 aliphatic rings. The molecule has 2 atom stereocenters. The zero-order chi connectivity index (χ0) is 9.84. The molecule has 0 saturated carbocycles. The fourth-order valence-corrected chi connectivity index (χ4v) is 1.09. The van der Waals surface area contributed by atoms with Gasteiger partial charge < -0.3 is 10.2 Å². The molecule has 0 aromatic heterocycles. The van der Waals surface area contributed by atoms with Gasteiger partial charge in [-0.2, -0.15) is 0 Å². The first-order chi connectivity index (χ1) is 6.15. The first-order valence-electron chi connectivity index (χ1n) is 4.20. The smallest absolute Gasteiger partial charge is 0.108 e. The van der Waals surface area contributed by atoms with Crippen molar-refractivity contribution in [3.63, 3.8) is 0 Å². The van der Waals surface area contributed by atoms with E-state index in [0.29, 0.717) is 5.56 Å². The molecule has 0 aliphatic heterocycles. The SMILES string of the molecule is C=CC(O)C(O)c1ccc(C)cc1. The molecule has 2 nitrogen and oxygen atoms in total. The fraction of sp³-hybridized carbons (Fsp3) is 0.273. The minimum absolute atomic E-state index is 0.706. The van der Waals surface area contributed by atoms with Gasteiger partial charge in [-0.1, -0.05) is 35.9 Å². The molecular weight excluding hydrogens is 164 g/mol. The summed E-state index contributed by atoms with van der Waals surface area (Å²) in [6.45, 7) is 5.39. The maximum Gasteiger partial charge on any atom is 0.108 e. The molecule has 0 amide bonds. The van der Waals surface area contributed by atoms with Crippen molar-refractivity contribution < 1.29 is 10.2 Å². The predicted molar refractivity (Wildman–Crippen MR) is 52.3 cm³/mol. The Morgan fingerprint density at radius 2 is 1.77 bits per heavy atom. The molecular formula is C11H14O2. The standard InChI is InChI=1S/C11H14O2/c1-3-10(12)11(13)9-6-4-8(2)5-7-9/h3-7,10-13H,1H2,2H3. The molecule has 0 bridgehead atoms. The highest BCUT2D eigenvalue weighted by molar-refractivity contribution is 5.24. The molecule has 0 fully saturated rings. The van der Waals surface area contributed by atoms with E-state index in [9.17, 15) is 10.2 Å². The Hall–Kier alpha value is -1.12. The number of aliphatic hydroxyl groups excluding tert-OH is 2. The lowest BCUT2D eigenvalue weighted by Crippen LogP contribution is -2.14. The first-order valence-corrected chi connectivity index (χ1v) is 4.20. The van der Waals surface area contributed by atoms with Crippen molar-refractivity contribution in [1.29, 1.82) is 0 Å². The van der Waals surface area contributed by atoms with Crippen LogP contribution in [0.3, 0.4) is 0 Å². The van der Waals surface area contributed by atoms with Crippen LogP contribution in [0.25, 0.3) is 0 Å². The quantitative estimate of drug-likeness (QED) is 0.690. The zero-order valence-corrected chi connectivity index (χ0v) is 7.64. The van der Waals surface area contributed by atoms with Gasteiger partial charge in [-0.25, -0.2) is 0 Å². The van der Waals surface area contributed by atoms with Crippen LogP contribution in [0.15, 0.2) is 36.9 Å². The van der Waals surface area contributed by atoms with Crippen molar-refractivity contribution in [3.05, 3.63) is 48.0 Å². The van der Waals surface area contributed by atoms with Crippen LogP contribution in [-0.2, 0) is 0 Å². The minimum atomic E-state index is -0.900. The molecule has 0 spiro atoms. The average molecular weight is 178 g/mol. The van der Waals surface area contributed by atoms with Crippen LogP contribution in [0.1, 0.15) is 17.2 Å². The van der Waals surface area contributed by atoms with E-state index in [4.69, 9.17) is 0 Å². The third kappa shape index (κ3) is 2.41. The van der Waals surface area contributed by atoms with Crippen molar-refractivity contribution in [2.45, 2.75) is 19.1 Å². The molecule has 1 aromatic carbocycles. The lowest BCUT2D eigenvalue weighted by atomic mass is 10.0. The van der Waals surface area contributed by atoms with E-state index >= 15 is 0 Å². The van der Waals surface area contributed by atoms with E-state index < -0.39 is 12.2 Å². The normalized spacial score (nSPS) is 15.0. The van der Waals surface area contributed by atoms with Crippen LogP contribution in [-0.4, -0.2) is 16.3 Å². The molecule has 1 rings (SSSR count). The Morgan fingerprint density at radius 3 is 2.23 bits per heavy atom. The second-order valence-electron chi connectivity index (χ2n) is 3.08. The Bertz CT molecular complexity index is 277. The molecule has 1 aromatic rings. The highest BCUT2D eigenvalue weighted by atomic mass is 16.3. The van der Waals surface area contributed by atoms with Gasteiger partial charge in [-0.05, 0) is 12.5 Å². The van der Waals surface area contributed by atoms with Crippen molar-refractivity contribution in [2.24, 2.45) is 0 Å². The highest BCUT2D eigenvalue weighted by Gasteiger charge is 2.14. The Labute approximate surface area is 78.2 Å². The molecule has 70 valence electrons. The van der Waals surface area contributed by atoms with Crippen LogP contribution in [0.5, 0.6) is 0 Å². The van der Waals surface area contributed by atoms with Gasteiger partial charge in [0.05, 0.1) is 0 Å². The maximum atomic E-state index is 9.56. The van der Waals surface area contributed by atoms with Gasteiger partial charge in [-0.15, -0.1) is 6.58 Å². The Kier molecular flexibility index (Phi) is 3.23. The van der Waals surface area contributed by atoms with E-state index in [-0.39, 0.29) is 0 Å². The van der Waals surface area contributed by atoms with Gasteiger partial charge in [0.2, 0.25) is 0 Å². The largest absolute Gasteiger partial charge is 0.386 e. The summed E-state index contributed by atoms with van der Waals surface area (Å²) in [5, 5.41) is 18.8. The second kappa shape index (κ2) is 4.21. The lowest BCUT2D eigenvalue weighted by molar-refractivity contribution is 0.0485. The maximum absolute atomic E-state index is 9.56. The summed E-state index contributed by atoms with van der Waals surface area (Å²) in [6, 6.07) is 7.39. The summed E-state index contributed by atoms with van der Waals surface area (Å²) in [4.78, 5) is 0. The first kappa shape index (κ1) is 9.96. The summed E-state index contributed by atoms with van der Waals surface area (Å²) < 4.78 is 0. The molecule has 2 N–H and O–H groups in total. The average Bonchev–Trinajstić information content (AvgIpc) is 2.17. The van der Waals surface area contributed by atoms with Gasteiger partial charge in [0.1, 0.15) is 12.2 Å². The second-order valence-corrected chi connectivity index (χ2v) is 3.08. The van der Waals surface area contributed by atoms with Crippen LogP contribution < -0.4 is 0 Å². The highest BCUT2D eigenvalue weighted by Crippen LogP contribution is 2.17. The Balaban J connectivity index is 2.82. The number of aliphatic hydroxyl groups is 2. The van der Waals surface area contributed by atoms with Crippen LogP contribution >= 0.6 is 0 Å². The summed E-state index contributed by atoms with van der Waals surface area (Å²) in [6.07, 6.45) is -0.453. The molecule has 0 aliphatic carbocycles. The van der Waals surface area contributed by atoms with Crippen LogP contribution in [0.2, 0.25) is 0 Å². The molecule has 0 heterocycles. The number of aryl methyl sites for hydroxylation is 1. The van der Waals surface area contributed by atoms with Crippen molar-refractivity contribution in [2.75, 3.05) is 0 Å². The van der Waals surface area contributed by atoms with Gasteiger partial charge in [0.15, 0.2) is 0 Å². The van der Waals surface area contributed by atoms with Gasteiger partial charge in [0, 0.05) is 0 Å². The van der Waals surface area contributed by atoms with E-state index in [1.807, 2.05) is 19.1 Å². The summed E-state index contributed by atoms with van der Waals surface area (Å²) in [5.41, 5.74) is 1.84. The molecule has 0 saturated heterocycles. The van der Waals surface area contributed by atoms with Gasteiger partial charge in [-0.3, -0.25) is 0 Å².